The van der Waals surface area contributed by atoms with E-state index in [9.17, 15) is 17.6 Å². The minimum Gasteiger partial charge on any atom is -0.460 e. The Morgan fingerprint density at radius 3 is 2.71 bits per heavy atom. The van der Waals surface area contributed by atoms with Gasteiger partial charge < -0.3 is 9.15 Å². The van der Waals surface area contributed by atoms with Crippen molar-refractivity contribution >= 4 is 27.0 Å². The van der Waals surface area contributed by atoms with Gasteiger partial charge in [0.2, 0.25) is 15.8 Å². The molecule has 28 heavy (non-hydrogen) atoms. The van der Waals surface area contributed by atoms with E-state index in [-0.39, 0.29) is 29.6 Å². The van der Waals surface area contributed by atoms with E-state index >= 15 is 0 Å². The summed E-state index contributed by atoms with van der Waals surface area (Å²) in [6, 6.07) is 10.4. The normalized spacial score (nSPS) is 11.7. The van der Waals surface area contributed by atoms with Gasteiger partial charge in [-0.25, -0.2) is 22.3 Å². The standard InChI is InChI=1S/C20H20FNO5S/c1-3-26-20(23)19-13(2)17-12-16(7-8-18(17)27-19)28(24,25)22-10-9-14-5-4-6-15(21)11-14/h4-8,11-12,22H,3,9-10H2,1-2H3. The van der Waals surface area contributed by atoms with E-state index in [1.807, 2.05) is 0 Å². The maximum atomic E-state index is 13.2. The van der Waals surface area contributed by atoms with Crippen molar-refractivity contribution in [1.29, 1.82) is 0 Å². The summed E-state index contributed by atoms with van der Waals surface area (Å²) in [5.74, 6) is -0.891. The van der Waals surface area contributed by atoms with Gasteiger partial charge in [-0.15, -0.1) is 0 Å². The van der Waals surface area contributed by atoms with Gasteiger partial charge in [0.25, 0.3) is 0 Å². The average Bonchev–Trinajstić information content (AvgIpc) is 2.98. The lowest BCUT2D eigenvalue weighted by atomic mass is 10.1. The first-order valence-corrected chi connectivity index (χ1v) is 10.2. The maximum absolute atomic E-state index is 13.2. The Labute approximate surface area is 162 Å². The molecule has 3 rings (SSSR count). The number of sulfonamides is 1. The number of ether oxygens (including phenoxy) is 1. The Bertz CT molecular complexity index is 1120. The van der Waals surface area contributed by atoms with E-state index in [4.69, 9.17) is 9.15 Å². The van der Waals surface area contributed by atoms with Crippen molar-refractivity contribution in [1.82, 2.24) is 4.72 Å². The maximum Gasteiger partial charge on any atom is 0.374 e. The molecule has 0 atom stereocenters. The van der Waals surface area contributed by atoms with Crippen LogP contribution in [0, 0.1) is 12.7 Å². The number of rotatable bonds is 7. The van der Waals surface area contributed by atoms with Gasteiger partial charge in [0.1, 0.15) is 11.4 Å². The van der Waals surface area contributed by atoms with Crippen molar-refractivity contribution in [2.45, 2.75) is 25.2 Å². The molecule has 3 aromatic rings. The lowest BCUT2D eigenvalue weighted by molar-refractivity contribution is 0.0491. The van der Waals surface area contributed by atoms with Crippen LogP contribution < -0.4 is 4.72 Å². The van der Waals surface area contributed by atoms with Crippen LogP contribution in [-0.2, 0) is 21.2 Å². The van der Waals surface area contributed by atoms with Crippen LogP contribution in [-0.4, -0.2) is 27.5 Å². The zero-order valence-electron chi connectivity index (χ0n) is 15.5. The van der Waals surface area contributed by atoms with Gasteiger partial charge in [-0.2, -0.15) is 0 Å². The summed E-state index contributed by atoms with van der Waals surface area (Å²) < 4.78 is 51.3. The molecule has 0 saturated carbocycles. The van der Waals surface area contributed by atoms with Gasteiger partial charge >= 0.3 is 5.97 Å². The molecule has 0 fully saturated rings. The molecule has 1 heterocycles. The van der Waals surface area contributed by atoms with E-state index < -0.39 is 16.0 Å². The summed E-state index contributed by atoms with van der Waals surface area (Å²) >= 11 is 0. The summed E-state index contributed by atoms with van der Waals surface area (Å²) in [4.78, 5) is 12.0. The van der Waals surface area contributed by atoms with Crippen LogP contribution >= 0.6 is 0 Å². The first-order valence-electron chi connectivity index (χ1n) is 8.76. The molecule has 0 amide bonds. The van der Waals surface area contributed by atoms with Crippen molar-refractivity contribution in [3.63, 3.8) is 0 Å². The number of halogens is 1. The zero-order chi connectivity index (χ0) is 20.3. The smallest absolute Gasteiger partial charge is 0.374 e. The van der Waals surface area contributed by atoms with E-state index in [1.165, 1.54) is 30.3 Å². The molecule has 1 aromatic heterocycles. The topological polar surface area (TPSA) is 85.6 Å². The monoisotopic (exact) mass is 405 g/mol. The minimum absolute atomic E-state index is 0.0542. The van der Waals surface area contributed by atoms with Crippen molar-refractivity contribution in [3.05, 3.63) is 65.2 Å². The molecule has 0 aliphatic carbocycles. The van der Waals surface area contributed by atoms with Crippen LogP contribution in [0.4, 0.5) is 4.39 Å². The predicted molar refractivity (Wildman–Crippen MR) is 102 cm³/mol. The van der Waals surface area contributed by atoms with Crippen LogP contribution in [0.25, 0.3) is 11.0 Å². The molecule has 0 spiro atoms. The highest BCUT2D eigenvalue weighted by molar-refractivity contribution is 7.89. The molecule has 8 heteroatoms. The van der Waals surface area contributed by atoms with Gasteiger partial charge in [0, 0.05) is 17.5 Å². The molecule has 2 aromatic carbocycles. The number of benzene rings is 2. The van der Waals surface area contributed by atoms with Crippen molar-refractivity contribution in [3.8, 4) is 0 Å². The molecule has 0 saturated heterocycles. The fraction of sp³-hybridized carbons (Fsp3) is 0.250. The molecule has 6 nitrogen and oxygen atoms in total. The van der Waals surface area contributed by atoms with E-state index in [0.29, 0.717) is 28.5 Å². The minimum atomic E-state index is -3.77. The first-order chi connectivity index (χ1) is 13.3. The third-order valence-electron chi connectivity index (χ3n) is 4.27. The quantitative estimate of drug-likeness (QED) is 0.608. The van der Waals surface area contributed by atoms with Crippen LogP contribution in [0.3, 0.4) is 0 Å². The molecular formula is C20H20FNO5S. The van der Waals surface area contributed by atoms with Gasteiger partial charge in [0.15, 0.2) is 0 Å². The van der Waals surface area contributed by atoms with Crippen LogP contribution in [0.1, 0.15) is 28.6 Å². The number of furan rings is 1. The lowest BCUT2D eigenvalue weighted by Gasteiger charge is -2.07. The largest absolute Gasteiger partial charge is 0.460 e. The predicted octanol–water partition coefficient (Wildman–Crippen LogP) is 3.58. The molecule has 0 bridgehead atoms. The van der Waals surface area contributed by atoms with Gasteiger partial charge in [-0.3, -0.25) is 0 Å². The number of fused-ring (bicyclic) bond motifs is 1. The summed E-state index contributed by atoms with van der Waals surface area (Å²) in [5, 5.41) is 0.524. The van der Waals surface area contributed by atoms with E-state index in [0.717, 1.165) is 0 Å². The molecule has 0 aliphatic heterocycles. The van der Waals surface area contributed by atoms with Gasteiger partial charge in [-0.1, -0.05) is 12.1 Å². The van der Waals surface area contributed by atoms with E-state index in [1.54, 1.807) is 26.0 Å². The SMILES string of the molecule is CCOC(=O)c1oc2ccc(S(=O)(=O)NCCc3cccc(F)c3)cc2c1C. The summed E-state index contributed by atoms with van der Waals surface area (Å²) in [6.45, 7) is 3.70. The van der Waals surface area contributed by atoms with Crippen LogP contribution in [0.15, 0.2) is 51.8 Å². The highest BCUT2D eigenvalue weighted by Crippen LogP contribution is 2.28. The average molecular weight is 405 g/mol. The molecule has 148 valence electrons. The highest BCUT2D eigenvalue weighted by Gasteiger charge is 2.21. The van der Waals surface area contributed by atoms with Crippen molar-refractivity contribution < 1.29 is 26.8 Å². The Morgan fingerprint density at radius 1 is 1.21 bits per heavy atom. The van der Waals surface area contributed by atoms with E-state index in [2.05, 4.69) is 4.72 Å². The fourth-order valence-electron chi connectivity index (χ4n) is 2.86. The van der Waals surface area contributed by atoms with Crippen LogP contribution in [0.5, 0.6) is 0 Å². The zero-order valence-corrected chi connectivity index (χ0v) is 16.3. The first kappa shape index (κ1) is 20.0. The van der Waals surface area contributed by atoms with Crippen molar-refractivity contribution in [2.75, 3.05) is 13.2 Å². The van der Waals surface area contributed by atoms with Crippen molar-refractivity contribution in [2.24, 2.45) is 0 Å². The number of carbonyl (C=O) groups is 1. The van der Waals surface area contributed by atoms with Gasteiger partial charge in [-0.05, 0) is 56.2 Å². The molecule has 1 N–H and O–H groups in total. The highest BCUT2D eigenvalue weighted by atomic mass is 32.2. The molecule has 0 aliphatic rings. The molecule has 0 radical (unpaired) electrons. The number of nitrogens with one attached hydrogen (secondary N) is 1. The summed E-state index contributed by atoms with van der Waals surface area (Å²) in [7, 11) is -3.77. The lowest BCUT2D eigenvalue weighted by Crippen LogP contribution is -2.26. The molecular weight excluding hydrogens is 385 g/mol. The third kappa shape index (κ3) is 4.23. The Kier molecular flexibility index (Phi) is 5.81. The number of hydrogen-bond donors (Lipinski definition) is 1. The Hall–Kier alpha value is -2.71. The second-order valence-corrected chi connectivity index (χ2v) is 7.98. The number of aryl methyl sites for hydroxylation is 1. The molecule has 0 unspecified atom stereocenters. The fourth-order valence-corrected chi connectivity index (χ4v) is 3.92. The summed E-state index contributed by atoms with van der Waals surface area (Å²) in [6.07, 6.45) is 0.358. The Morgan fingerprint density at radius 2 is 2.00 bits per heavy atom. The van der Waals surface area contributed by atoms with Crippen LogP contribution in [0.2, 0.25) is 0 Å². The third-order valence-corrected chi connectivity index (χ3v) is 5.73. The second kappa shape index (κ2) is 8.12. The number of esters is 1. The second-order valence-electron chi connectivity index (χ2n) is 6.21. The Balaban J connectivity index is 1.79. The summed E-state index contributed by atoms with van der Waals surface area (Å²) in [5.41, 5.74) is 1.62. The number of carbonyl (C=O) groups excluding carboxylic acids is 1. The number of hydrogen-bond acceptors (Lipinski definition) is 5. The van der Waals surface area contributed by atoms with Gasteiger partial charge in [0.05, 0.1) is 11.5 Å².